The minimum absolute atomic E-state index is 0.0481. The van der Waals surface area contributed by atoms with E-state index >= 15 is 0 Å². The Kier molecular flexibility index (Phi) is 3.60. The molecular weight excluding hydrogens is 254 g/mol. The van der Waals surface area contributed by atoms with Crippen LogP contribution in [0, 0.1) is 0 Å². The first-order chi connectivity index (χ1) is 9.74. The van der Waals surface area contributed by atoms with Crippen LogP contribution in [0.2, 0.25) is 0 Å². The largest absolute Gasteiger partial charge is 0.379 e. The summed E-state index contributed by atoms with van der Waals surface area (Å²) in [5, 5.41) is 4.16. The summed E-state index contributed by atoms with van der Waals surface area (Å²) in [6.07, 6.45) is 2.82. The quantitative estimate of drug-likeness (QED) is 0.899. The van der Waals surface area contributed by atoms with Crippen LogP contribution in [-0.4, -0.2) is 42.2 Å². The fourth-order valence-electron chi connectivity index (χ4n) is 2.55. The van der Waals surface area contributed by atoms with Gasteiger partial charge in [-0.15, -0.1) is 0 Å². The average molecular weight is 273 g/mol. The molecular formula is C15H19N3O2. The predicted molar refractivity (Wildman–Crippen MR) is 77.5 cm³/mol. The van der Waals surface area contributed by atoms with Gasteiger partial charge >= 0.3 is 6.03 Å². The van der Waals surface area contributed by atoms with Crippen molar-refractivity contribution in [3.05, 3.63) is 36.0 Å². The molecule has 1 aromatic heterocycles. The number of ether oxygens (including phenoxy) is 1. The predicted octanol–water partition coefficient (Wildman–Crippen LogP) is 2.10. The SMILES string of the molecule is CN(Cc1cccc2[nH]ccc12)C(=O)N[C@H]1CCOC1. The number of carbonyl (C=O) groups is 1. The minimum atomic E-state index is -0.0481. The van der Waals surface area contributed by atoms with Gasteiger partial charge in [0.2, 0.25) is 0 Å². The van der Waals surface area contributed by atoms with Crippen molar-refractivity contribution in [3.8, 4) is 0 Å². The maximum absolute atomic E-state index is 12.1. The number of fused-ring (bicyclic) bond motifs is 1. The summed E-state index contributed by atoms with van der Waals surface area (Å²) in [5.74, 6) is 0. The zero-order valence-corrected chi connectivity index (χ0v) is 11.6. The summed E-state index contributed by atoms with van der Waals surface area (Å²) in [6.45, 7) is 1.94. The van der Waals surface area contributed by atoms with Crippen molar-refractivity contribution in [2.45, 2.75) is 19.0 Å². The van der Waals surface area contributed by atoms with E-state index in [-0.39, 0.29) is 12.1 Å². The lowest BCUT2D eigenvalue weighted by Gasteiger charge is -2.20. The summed E-state index contributed by atoms with van der Waals surface area (Å²) >= 11 is 0. The van der Waals surface area contributed by atoms with E-state index in [0.717, 1.165) is 29.5 Å². The molecule has 1 aliphatic rings. The Labute approximate surface area is 117 Å². The maximum Gasteiger partial charge on any atom is 0.317 e. The van der Waals surface area contributed by atoms with Crippen LogP contribution in [-0.2, 0) is 11.3 Å². The third-order valence-corrected chi connectivity index (χ3v) is 3.70. The lowest BCUT2D eigenvalue weighted by Crippen LogP contribution is -2.43. The molecule has 0 unspecified atom stereocenters. The van der Waals surface area contributed by atoms with Crippen LogP contribution in [0.15, 0.2) is 30.5 Å². The molecule has 1 aromatic carbocycles. The molecule has 2 heterocycles. The molecule has 0 aliphatic carbocycles. The van der Waals surface area contributed by atoms with Gasteiger partial charge in [-0.25, -0.2) is 4.79 Å². The summed E-state index contributed by atoms with van der Waals surface area (Å²) in [6, 6.07) is 8.24. The van der Waals surface area contributed by atoms with Gasteiger partial charge < -0.3 is 19.9 Å². The van der Waals surface area contributed by atoms with Crippen LogP contribution < -0.4 is 5.32 Å². The zero-order chi connectivity index (χ0) is 13.9. The second-order valence-electron chi connectivity index (χ2n) is 5.22. The Hall–Kier alpha value is -2.01. The van der Waals surface area contributed by atoms with E-state index in [2.05, 4.69) is 16.4 Å². The molecule has 2 N–H and O–H groups in total. The highest BCUT2D eigenvalue weighted by molar-refractivity contribution is 5.83. The van der Waals surface area contributed by atoms with Crippen LogP contribution in [0.4, 0.5) is 4.79 Å². The van der Waals surface area contributed by atoms with Crippen LogP contribution in [0.5, 0.6) is 0 Å². The first-order valence-electron chi connectivity index (χ1n) is 6.88. The van der Waals surface area contributed by atoms with Crippen molar-refractivity contribution in [3.63, 3.8) is 0 Å². The first-order valence-corrected chi connectivity index (χ1v) is 6.88. The number of aromatic amines is 1. The smallest absolute Gasteiger partial charge is 0.317 e. The number of carbonyl (C=O) groups excluding carboxylic acids is 1. The highest BCUT2D eigenvalue weighted by Gasteiger charge is 2.20. The normalized spacial score (nSPS) is 18.4. The molecule has 2 aromatic rings. The van der Waals surface area contributed by atoms with Gasteiger partial charge in [0.15, 0.2) is 0 Å². The molecule has 0 radical (unpaired) electrons. The van der Waals surface area contributed by atoms with Gasteiger partial charge in [-0.1, -0.05) is 12.1 Å². The van der Waals surface area contributed by atoms with Gasteiger partial charge in [0.05, 0.1) is 12.6 Å². The fraction of sp³-hybridized carbons (Fsp3) is 0.400. The number of hydrogen-bond acceptors (Lipinski definition) is 2. The van der Waals surface area contributed by atoms with E-state index in [9.17, 15) is 4.79 Å². The van der Waals surface area contributed by atoms with E-state index in [1.807, 2.05) is 31.4 Å². The number of amides is 2. The highest BCUT2D eigenvalue weighted by Crippen LogP contribution is 2.18. The third-order valence-electron chi connectivity index (χ3n) is 3.70. The minimum Gasteiger partial charge on any atom is -0.379 e. The molecule has 5 nitrogen and oxygen atoms in total. The second kappa shape index (κ2) is 5.54. The van der Waals surface area contributed by atoms with Crippen LogP contribution in [0.25, 0.3) is 10.9 Å². The van der Waals surface area contributed by atoms with Crippen molar-refractivity contribution in [1.29, 1.82) is 0 Å². The van der Waals surface area contributed by atoms with E-state index in [1.54, 1.807) is 4.90 Å². The number of hydrogen-bond donors (Lipinski definition) is 2. The van der Waals surface area contributed by atoms with E-state index in [4.69, 9.17) is 4.74 Å². The Morgan fingerprint density at radius 1 is 1.50 bits per heavy atom. The molecule has 0 spiro atoms. The summed E-state index contributed by atoms with van der Waals surface area (Å²) in [5.41, 5.74) is 2.24. The number of rotatable bonds is 3. The van der Waals surface area contributed by atoms with Crippen LogP contribution >= 0.6 is 0 Å². The third kappa shape index (κ3) is 2.63. The standard InChI is InChI=1S/C15H19N3O2/c1-18(15(19)17-12-6-8-20-10-12)9-11-3-2-4-14-13(11)5-7-16-14/h2-5,7,12,16H,6,8-10H2,1H3,(H,17,19)/t12-/m0/s1. The number of urea groups is 1. The molecule has 1 saturated heterocycles. The number of nitrogens with one attached hydrogen (secondary N) is 2. The average Bonchev–Trinajstić information content (AvgIpc) is 3.09. The van der Waals surface area contributed by atoms with Crippen molar-refractivity contribution >= 4 is 16.9 Å². The lowest BCUT2D eigenvalue weighted by atomic mass is 10.1. The Balaban J connectivity index is 1.67. The fourth-order valence-corrected chi connectivity index (χ4v) is 2.55. The zero-order valence-electron chi connectivity index (χ0n) is 11.6. The monoisotopic (exact) mass is 273 g/mol. The number of nitrogens with zero attached hydrogens (tertiary/aromatic N) is 1. The molecule has 1 atom stereocenters. The van der Waals surface area contributed by atoms with Crippen molar-refractivity contribution in [1.82, 2.24) is 15.2 Å². The van der Waals surface area contributed by atoms with Gasteiger partial charge in [-0.05, 0) is 24.1 Å². The first kappa shape index (κ1) is 13.0. The van der Waals surface area contributed by atoms with Gasteiger partial charge in [0, 0.05) is 37.3 Å². The Bertz CT molecular complexity index is 602. The molecule has 1 aliphatic heterocycles. The van der Waals surface area contributed by atoms with Crippen molar-refractivity contribution in [2.75, 3.05) is 20.3 Å². The van der Waals surface area contributed by atoms with Gasteiger partial charge in [0.25, 0.3) is 0 Å². The van der Waals surface area contributed by atoms with Gasteiger partial charge in [-0.3, -0.25) is 0 Å². The molecule has 2 amide bonds. The summed E-state index contributed by atoms with van der Waals surface area (Å²) in [4.78, 5) is 17.0. The topological polar surface area (TPSA) is 57.4 Å². The highest BCUT2D eigenvalue weighted by atomic mass is 16.5. The molecule has 0 saturated carbocycles. The number of H-pyrrole nitrogens is 1. The van der Waals surface area contributed by atoms with Crippen molar-refractivity contribution < 1.29 is 9.53 Å². The molecule has 20 heavy (non-hydrogen) atoms. The maximum atomic E-state index is 12.1. The van der Waals surface area contributed by atoms with E-state index in [1.165, 1.54) is 0 Å². The molecule has 106 valence electrons. The van der Waals surface area contributed by atoms with Gasteiger partial charge in [0.1, 0.15) is 0 Å². The molecule has 5 heteroatoms. The Morgan fingerprint density at radius 3 is 3.20 bits per heavy atom. The molecule has 1 fully saturated rings. The van der Waals surface area contributed by atoms with Crippen LogP contribution in [0.1, 0.15) is 12.0 Å². The second-order valence-corrected chi connectivity index (χ2v) is 5.22. The molecule has 3 rings (SSSR count). The van der Waals surface area contributed by atoms with E-state index < -0.39 is 0 Å². The van der Waals surface area contributed by atoms with Crippen molar-refractivity contribution in [2.24, 2.45) is 0 Å². The summed E-state index contributed by atoms with van der Waals surface area (Å²) in [7, 11) is 1.82. The Morgan fingerprint density at radius 2 is 2.40 bits per heavy atom. The number of aromatic nitrogens is 1. The van der Waals surface area contributed by atoms with Crippen LogP contribution in [0.3, 0.4) is 0 Å². The van der Waals surface area contributed by atoms with E-state index in [0.29, 0.717) is 13.2 Å². The lowest BCUT2D eigenvalue weighted by molar-refractivity contribution is 0.181. The molecule has 0 bridgehead atoms. The number of benzene rings is 1. The summed E-state index contributed by atoms with van der Waals surface area (Å²) < 4.78 is 5.27. The van der Waals surface area contributed by atoms with Gasteiger partial charge in [-0.2, -0.15) is 0 Å².